The first-order valence-corrected chi connectivity index (χ1v) is 6.08. The fourth-order valence-electron chi connectivity index (χ4n) is 2.33. The molecular weight excluding hydrogens is 242 g/mol. The van der Waals surface area contributed by atoms with Gasteiger partial charge in [-0.2, -0.15) is 10.4 Å². The van der Waals surface area contributed by atoms with Gasteiger partial charge in [0.15, 0.2) is 0 Å². The monoisotopic (exact) mass is 255 g/mol. The van der Waals surface area contributed by atoms with Crippen LogP contribution >= 0.6 is 0 Å². The van der Waals surface area contributed by atoms with E-state index in [2.05, 4.69) is 15.4 Å². The third kappa shape index (κ3) is 2.16. The zero-order chi connectivity index (χ0) is 13.2. The van der Waals surface area contributed by atoms with Gasteiger partial charge >= 0.3 is 0 Å². The average Bonchev–Trinajstić information content (AvgIpc) is 2.92. The molecule has 6 heteroatoms. The van der Waals surface area contributed by atoms with Gasteiger partial charge in [-0.05, 0) is 24.6 Å². The second kappa shape index (κ2) is 4.71. The number of aromatic nitrogens is 3. The second-order valence-corrected chi connectivity index (χ2v) is 4.57. The molecule has 0 saturated heterocycles. The quantitative estimate of drug-likeness (QED) is 0.852. The Hall–Kier alpha value is -2.39. The number of nitrogens with zero attached hydrogens (tertiary/aromatic N) is 4. The molecule has 1 saturated carbocycles. The Kier molecular flexibility index (Phi) is 2.89. The maximum atomic E-state index is 9.85. The van der Waals surface area contributed by atoms with E-state index in [1.807, 2.05) is 24.4 Å². The summed E-state index contributed by atoms with van der Waals surface area (Å²) in [6.07, 6.45) is 5.46. The van der Waals surface area contributed by atoms with E-state index < -0.39 is 0 Å². The van der Waals surface area contributed by atoms with Crippen molar-refractivity contribution in [1.29, 1.82) is 5.26 Å². The van der Waals surface area contributed by atoms with Crippen LogP contribution in [0.15, 0.2) is 36.8 Å². The Morgan fingerprint density at radius 3 is 2.95 bits per heavy atom. The van der Waals surface area contributed by atoms with Crippen molar-refractivity contribution in [2.45, 2.75) is 24.6 Å². The van der Waals surface area contributed by atoms with Gasteiger partial charge in [-0.25, -0.2) is 4.98 Å². The van der Waals surface area contributed by atoms with Crippen molar-refractivity contribution in [1.82, 2.24) is 14.8 Å². The first-order chi connectivity index (χ1) is 9.28. The predicted molar refractivity (Wildman–Crippen MR) is 68.3 cm³/mol. The van der Waals surface area contributed by atoms with Crippen molar-refractivity contribution in [2.75, 3.05) is 5.32 Å². The van der Waals surface area contributed by atoms with Crippen LogP contribution in [-0.4, -0.2) is 32.0 Å². The SMILES string of the molecule is N#Cc1ccc(N[C@H]2C[C@@H](O)[C@@H]2n2cccn2)cn1. The number of anilines is 1. The molecule has 1 aliphatic rings. The lowest BCUT2D eigenvalue weighted by Crippen LogP contribution is -2.51. The lowest BCUT2D eigenvalue weighted by molar-refractivity contribution is 0.0134. The third-order valence-corrected chi connectivity index (χ3v) is 3.36. The van der Waals surface area contributed by atoms with Crippen LogP contribution in [0.4, 0.5) is 5.69 Å². The molecule has 3 rings (SSSR count). The maximum Gasteiger partial charge on any atom is 0.140 e. The van der Waals surface area contributed by atoms with Gasteiger partial charge < -0.3 is 10.4 Å². The highest BCUT2D eigenvalue weighted by atomic mass is 16.3. The van der Waals surface area contributed by atoms with Gasteiger partial charge in [0.1, 0.15) is 11.8 Å². The summed E-state index contributed by atoms with van der Waals surface area (Å²) >= 11 is 0. The predicted octanol–water partition coefficient (Wildman–Crippen LogP) is 0.936. The first kappa shape index (κ1) is 11.7. The standard InChI is InChI=1S/C13H13N5O/c14-7-9-2-3-10(8-15-9)17-11-6-12(19)13(11)18-5-1-4-16-18/h1-5,8,11-13,17,19H,6H2/t11-,12+,13+/m0/s1. The van der Waals surface area contributed by atoms with Crippen LogP contribution in [0.2, 0.25) is 0 Å². The van der Waals surface area contributed by atoms with Gasteiger partial charge in [0.05, 0.1) is 30.1 Å². The Morgan fingerprint density at radius 2 is 2.37 bits per heavy atom. The van der Waals surface area contributed by atoms with Crippen LogP contribution in [0.3, 0.4) is 0 Å². The van der Waals surface area contributed by atoms with Crippen LogP contribution in [0, 0.1) is 11.3 Å². The minimum atomic E-state index is -0.385. The molecule has 6 nitrogen and oxygen atoms in total. The summed E-state index contributed by atoms with van der Waals surface area (Å²) in [5.41, 5.74) is 1.23. The second-order valence-electron chi connectivity index (χ2n) is 4.57. The molecule has 2 aromatic heterocycles. The highest BCUT2D eigenvalue weighted by molar-refractivity contribution is 5.44. The van der Waals surface area contributed by atoms with Crippen molar-refractivity contribution in [3.8, 4) is 6.07 Å². The van der Waals surface area contributed by atoms with E-state index >= 15 is 0 Å². The number of pyridine rings is 1. The first-order valence-electron chi connectivity index (χ1n) is 6.08. The van der Waals surface area contributed by atoms with Gasteiger partial charge in [0.25, 0.3) is 0 Å². The van der Waals surface area contributed by atoms with Crippen molar-refractivity contribution in [3.05, 3.63) is 42.5 Å². The Bertz CT molecular complexity index is 586. The van der Waals surface area contributed by atoms with Crippen molar-refractivity contribution < 1.29 is 5.11 Å². The van der Waals surface area contributed by atoms with E-state index in [1.165, 1.54) is 0 Å². The summed E-state index contributed by atoms with van der Waals surface area (Å²) in [5.74, 6) is 0. The molecule has 2 aromatic rings. The van der Waals surface area contributed by atoms with E-state index in [0.717, 1.165) is 5.69 Å². The largest absolute Gasteiger partial charge is 0.391 e. The summed E-state index contributed by atoms with van der Waals surface area (Å²) in [5, 5.41) is 26.0. The zero-order valence-corrected chi connectivity index (χ0v) is 10.1. The molecule has 1 aliphatic carbocycles. The molecule has 1 fully saturated rings. The number of nitriles is 1. The van der Waals surface area contributed by atoms with Gasteiger partial charge in [-0.1, -0.05) is 0 Å². The number of nitrogens with one attached hydrogen (secondary N) is 1. The van der Waals surface area contributed by atoms with Gasteiger partial charge in [-0.3, -0.25) is 4.68 Å². The lowest BCUT2D eigenvalue weighted by Gasteiger charge is -2.42. The molecule has 0 radical (unpaired) electrons. The summed E-state index contributed by atoms with van der Waals surface area (Å²) in [7, 11) is 0. The molecule has 0 amide bonds. The number of hydrogen-bond donors (Lipinski definition) is 2. The van der Waals surface area contributed by atoms with E-state index in [9.17, 15) is 5.11 Å². The van der Waals surface area contributed by atoms with Crippen LogP contribution in [0.1, 0.15) is 18.2 Å². The minimum Gasteiger partial charge on any atom is -0.391 e. The van der Waals surface area contributed by atoms with Crippen molar-refractivity contribution in [3.63, 3.8) is 0 Å². The molecule has 3 atom stereocenters. The van der Waals surface area contributed by atoms with E-state index in [1.54, 1.807) is 23.1 Å². The maximum absolute atomic E-state index is 9.85. The normalized spacial score (nSPS) is 25.4. The summed E-state index contributed by atoms with van der Waals surface area (Å²) in [6, 6.07) is 7.35. The molecule has 0 bridgehead atoms. The lowest BCUT2D eigenvalue weighted by atomic mass is 9.83. The minimum absolute atomic E-state index is 0.0642. The number of aliphatic hydroxyl groups is 1. The Labute approximate surface area is 110 Å². The van der Waals surface area contributed by atoms with Crippen molar-refractivity contribution >= 4 is 5.69 Å². The van der Waals surface area contributed by atoms with Crippen LogP contribution in [0.25, 0.3) is 0 Å². The van der Waals surface area contributed by atoms with E-state index in [4.69, 9.17) is 5.26 Å². The summed E-state index contributed by atoms with van der Waals surface area (Å²) in [6.45, 7) is 0. The zero-order valence-electron chi connectivity index (χ0n) is 10.1. The van der Waals surface area contributed by atoms with E-state index in [-0.39, 0.29) is 18.2 Å². The fourth-order valence-corrected chi connectivity index (χ4v) is 2.33. The number of rotatable bonds is 3. The molecule has 2 N–H and O–H groups in total. The molecule has 19 heavy (non-hydrogen) atoms. The smallest absolute Gasteiger partial charge is 0.140 e. The third-order valence-electron chi connectivity index (χ3n) is 3.36. The molecule has 0 spiro atoms. The molecular formula is C13H13N5O. The van der Waals surface area contributed by atoms with Crippen molar-refractivity contribution in [2.24, 2.45) is 0 Å². The van der Waals surface area contributed by atoms with E-state index in [0.29, 0.717) is 12.1 Å². The summed E-state index contributed by atoms with van der Waals surface area (Å²) < 4.78 is 1.77. The molecule has 0 unspecified atom stereocenters. The average molecular weight is 255 g/mol. The molecule has 0 aliphatic heterocycles. The number of aliphatic hydroxyl groups excluding tert-OH is 1. The topological polar surface area (TPSA) is 86.8 Å². The Balaban J connectivity index is 1.71. The molecule has 2 heterocycles. The molecule has 96 valence electrons. The Morgan fingerprint density at radius 1 is 1.47 bits per heavy atom. The highest BCUT2D eigenvalue weighted by Gasteiger charge is 2.41. The van der Waals surface area contributed by atoms with Gasteiger partial charge in [0.2, 0.25) is 0 Å². The number of hydrogen-bond acceptors (Lipinski definition) is 5. The fraction of sp³-hybridized carbons (Fsp3) is 0.308. The van der Waals surface area contributed by atoms with Crippen LogP contribution in [0.5, 0.6) is 0 Å². The van der Waals surface area contributed by atoms with Gasteiger partial charge in [-0.15, -0.1) is 0 Å². The van der Waals surface area contributed by atoms with Crippen LogP contribution in [-0.2, 0) is 0 Å². The van der Waals surface area contributed by atoms with Gasteiger partial charge in [0, 0.05) is 12.4 Å². The summed E-state index contributed by atoms with van der Waals surface area (Å²) in [4.78, 5) is 4.01. The van der Waals surface area contributed by atoms with Crippen LogP contribution < -0.4 is 5.32 Å². The highest BCUT2D eigenvalue weighted by Crippen LogP contribution is 2.34. The molecule has 0 aromatic carbocycles.